The minimum Gasteiger partial charge on any atom is -0.457 e. The first-order valence-corrected chi connectivity index (χ1v) is 6.04. The van der Waals surface area contributed by atoms with Gasteiger partial charge in [0.25, 0.3) is 0 Å². The molecule has 18 heavy (non-hydrogen) atoms. The number of aliphatic hydroxyl groups is 1. The number of fused-ring (bicyclic) bond motifs is 1. The third-order valence-electron chi connectivity index (χ3n) is 2.88. The first-order chi connectivity index (χ1) is 8.78. The van der Waals surface area contributed by atoms with Gasteiger partial charge in [-0.15, -0.1) is 0 Å². The standard InChI is InChI=1S/C15H11ClO2/c16-14-8-11(10-4-2-1-3-5-10)6-12-7-13(9-17)18-15(12)14/h1-8,17H,9H2. The molecule has 3 heteroatoms. The van der Waals surface area contributed by atoms with E-state index in [1.165, 1.54) is 0 Å². The molecule has 2 nitrogen and oxygen atoms in total. The number of rotatable bonds is 2. The average Bonchev–Trinajstić information content (AvgIpc) is 2.83. The van der Waals surface area contributed by atoms with Crippen molar-refractivity contribution in [2.75, 3.05) is 0 Å². The van der Waals surface area contributed by atoms with Crippen LogP contribution in [0.3, 0.4) is 0 Å². The quantitative estimate of drug-likeness (QED) is 0.746. The Morgan fingerprint density at radius 2 is 1.78 bits per heavy atom. The Bertz CT molecular complexity index is 686. The van der Waals surface area contributed by atoms with Crippen molar-refractivity contribution in [3.05, 3.63) is 59.3 Å². The molecule has 1 N–H and O–H groups in total. The number of aliphatic hydroxyl groups excluding tert-OH is 1. The molecule has 1 aromatic heterocycles. The maximum Gasteiger partial charge on any atom is 0.153 e. The van der Waals surface area contributed by atoms with Crippen molar-refractivity contribution in [3.8, 4) is 11.1 Å². The minimum atomic E-state index is -0.119. The van der Waals surface area contributed by atoms with Gasteiger partial charge in [0.05, 0.1) is 5.02 Å². The first kappa shape index (κ1) is 11.3. The Labute approximate surface area is 109 Å². The van der Waals surface area contributed by atoms with Crippen LogP contribution in [0.5, 0.6) is 0 Å². The molecule has 0 spiro atoms. The summed E-state index contributed by atoms with van der Waals surface area (Å²) in [7, 11) is 0. The van der Waals surface area contributed by atoms with Crippen LogP contribution in [0.1, 0.15) is 5.76 Å². The maximum atomic E-state index is 9.08. The fourth-order valence-corrected chi connectivity index (χ4v) is 2.30. The maximum absolute atomic E-state index is 9.08. The van der Waals surface area contributed by atoms with Crippen molar-refractivity contribution in [2.45, 2.75) is 6.61 Å². The van der Waals surface area contributed by atoms with Gasteiger partial charge in [-0.25, -0.2) is 0 Å². The summed E-state index contributed by atoms with van der Waals surface area (Å²) in [6.07, 6.45) is 0. The predicted molar refractivity (Wildman–Crippen MR) is 72.6 cm³/mol. The number of hydrogen-bond acceptors (Lipinski definition) is 2. The van der Waals surface area contributed by atoms with Crippen LogP contribution in [0.4, 0.5) is 0 Å². The van der Waals surface area contributed by atoms with Crippen LogP contribution in [0, 0.1) is 0 Å². The molecule has 2 aromatic carbocycles. The molecule has 3 rings (SSSR count). The van der Waals surface area contributed by atoms with Gasteiger partial charge in [-0.3, -0.25) is 0 Å². The van der Waals surface area contributed by atoms with Gasteiger partial charge in [-0.05, 0) is 29.3 Å². The average molecular weight is 259 g/mol. The molecular formula is C15H11ClO2. The highest BCUT2D eigenvalue weighted by molar-refractivity contribution is 6.35. The Kier molecular flexibility index (Phi) is 2.82. The molecule has 1 heterocycles. The van der Waals surface area contributed by atoms with Crippen LogP contribution in [-0.4, -0.2) is 5.11 Å². The van der Waals surface area contributed by atoms with E-state index < -0.39 is 0 Å². The summed E-state index contributed by atoms with van der Waals surface area (Å²) in [4.78, 5) is 0. The second-order valence-electron chi connectivity index (χ2n) is 4.11. The van der Waals surface area contributed by atoms with E-state index in [4.69, 9.17) is 21.1 Å². The molecular weight excluding hydrogens is 248 g/mol. The molecule has 0 saturated carbocycles. The zero-order valence-electron chi connectivity index (χ0n) is 9.56. The SMILES string of the molecule is OCc1cc2cc(-c3ccccc3)cc(Cl)c2o1. The van der Waals surface area contributed by atoms with Crippen molar-refractivity contribution in [2.24, 2.45) is 0 Å². The molecule has 0 atom stereocenters. The molecule has 0 unspecified atom stereocenters. The lowest BCUT2D eigenvalue weighted by Crippen LogP contribution is -1.77. The molecule has 0 bridgehead atoms. The van der Waals surface area contributed by atoms with E-state index in [1.807, 2.05) is 48.5 Å². The van der Waals surface area contributed by atoms with E-state index in [-0.39, 0.29) is 6.61 Å². The highest BCUT2D eigenvalue weighted by Crippen LogP contribution is 2.32. The van der Waals surface area contributed by atoms with E-state index in [1.54, 1.807) is 0 Å². The largest absolute Gasteiger partial charge is 0.457 e. The van der Waals surface area contributed by atoms with Gasteiger partial charge >= 0.3 is 0 Å². The van der Waals surface area contributed by atoms with Crippen molar-refractivity contribution in [1.82, 2.24) is 0 Å². The highest BCUT2D eigenvalue weighted by atomic mass is 35.5. The van der Waals surface area contributed by atoms with Crippen LogP contribution in [0.2, 0.25) is 5.02 Å². The topological polar surface area (TPSA) is 33.4 Å². The number of halogens is 1. The second kappa shape index (κ2) is 4.48. The number of furan rings is 1. The summed E-state index contributed by atoms with van der Waals surface area (Å²) in [5.41, 5.74) is 2.77. The molecule has 0 aliphatic heterocycles. The van der Waals surface area contributed by atoms with E-state index >= 15 is 0 Å². The molecule has 0 aliphatic rings. The Balaban J connectivity index is 2.21. The third-order valence-corrected chi connectivity index (χ3v) is 3.17. The van der Waals surface area contributed by atoms with Gasteiger partial charge in [0.1, 0.15) is 12.4 Å². The molecule has 0 radical (unpaired) electrons. The van der Waals surface area contributed by atoms with Crippen LogP contribution in [-0.2, 0) is 6.61 Å². The van der Waals surface area contributed by atoms with Gasteiger partial charge in [-0.1, -0.05) is 41.9 Å². The van der Waals surface area contributed by atoms with Gasteiger partial charge in [0, 0.05) is 5.39 Å². The lowest BCUT2D eigenvalue weighted by molar-refractivity contribution is 0.251. The Morgan fingerprint density at radius 1 is 1.00 bits per heavy atom. The molecule has 3 aromatic rings. The van der Waals surface area contributed by atoms with E-state index in [2.05, 4.69) is 0 Å². The van der Waals surface area contributed by atoms with Crippen LogP contribution >= 0.6 is 11.6 Å². The van der Waals surface area contributed by atoms with Crippen molar-refractivity contribution in [1.29, 1.82) is 0 Å². The highest BCUT2D eigenvalue weighted by Gasteiger charge is 2.09. The normalized spacial score (nSPS) is 11.0. The second-order valence-corrected chi connectivity index (χ2v) is 4.52. The van der Waals surface area contributed by atoms with E-state index in [0.29, 0.717) is 16.4 Å². The molecule has 0 aliphatic carbocycles. The zero-order valence-corrected chi connectivity index (χ0v) is 10.3. The number of benzene rings is 2. The van der Waals surface area contributed by atoms with Crippen LogP contribution in [0.25, 0.3) is 22.1 Å². The first-order valence-electron chi connectivity index (χ1n) is 5.66. The Hall–Kier alpha value is -1.77. The fraction of sp³-hybridized carbons (Fsp3) is 0.0667. The Morgan fingerprint density at radius 3 is 2.50 bits per heavy atom. The van der Waals surface area contributed by atoms with Crippen molar-refractivity contribution >= 4 is 22.6 Å². The summed E-state index contributed by atoms with van der Waals surface area (Å²) < 4.78 is 5.46. The van der Waals surface area contributed by atoms with E-state index in [9.17, 15) is 0 Å². The van der Waals surface area contributed by atoms with Crippen molar-refractivity contribution in [3.63, 3.8) is 0 Å². The zero-order chi connectivity index (χ0) is 12.5. The summed E-state index contributed by atoms with van der Waals surface area (Å²) in [5, 5.41) is 10.5. The van der Waals surface area contributed by atoms with Crippen LogP contribution < -0.4 is 0 Å². The third kappa shape index (κ3) is 1.90. The smallest absolute Gasteiger partial charge is 0.153 e. The van der Waals surface area contributed by atoms with Gasteiger partial charge in [0.15, 0.2) is 5.58 Å². The molecule has 0 amide bonds. The van der Waals surface area contributed by atoms with Crippen LogP contribution in [0.15, 0.2) is 52.9 Å². The summed E-state index contributed by atoms with van der Waals surface area (Å²) in [6, 6.07) is 15.7. The summed E-state index contributed by atoms with van der Waals surface area (Å²) in [6.45, 7) is -0.119. The van der Waals surface area contributed by atoms with Gasteiger partial charge < -0.3 is 9.52 Å². The fourth-order valence-electron chi connectivity index (χ4n) is 2.04. The summed E-state index contributed by atoms with van der Waals surface area (Å²) >= 11 is 6.21. The van der Waals surface area contributed by atoms with E-state index in [0.717, 1.165) is 16.5 Å². The molecule has 0 fully saturated rings. The lowest BCUT2D eigenvalue weighted by Gasteiger charge is -2.02. The predicted octanol–water partition coefficient (Wildman–Crippen LogP) is 4.25. The minimum absolute atomic E-state index is 0.119. The summed E-state index contributed by atoms with van der Waals surface area (Å²) in [5.74, 6) is 0.525. The molecule has 90 valence electrons. The number of hydrogen-bond donors (Lipinski definition) is 1. The van der Waals surface area contributed by atoms with Gasteiger partial charge in [0.2, 0.25) is 0 Å². The monoisotopic (exact) mass is 258 g/mol. The molecule has 0 saturated heterocycles. The van der Waals surface area contributed by atoms with Gasteiger partial charge in [-0.2, -0.15) is 0 Å². The lowest BCUT2D eigenvalue weighted by atomic mass is 10.0. The van der Waals surface area contributed by atoms with Crippen molar-refractivity contribution < 1.29 is 9.52 Å².